The maximum Gasteiger partial charge on any atom is 0.306 e. The number of hydrogen-bond acceptors (Lipinski definition) is 3. The summed E-state index contributed by atoms with van der Waals surface area (Å²) in [6, 6.07) is 0. The lowest BCUT2D eigenvalue weighted by Gasteiger charge is -2.58. The molecule has 1 saturated carbocycles. The van der Waals surface area contributed by atoms with Crippen LogP contribution in [0.5, 0.6) is 0 Å². The average molecular weight is 601 g/mol. The van der Waals surface area contributed by atoms with Crippen LogP contribution in [0.2, 0.25) is 0 Å². The average Bonchev–Trinajstić information content (AvgIpc) is 2.99. The van der Waals surface area contributed by atoms with Crippen LogP contribution in [0.15, 0.2) is 23.3 Å². The Morgan fingerprint density at radius 3 is 1.93 bits per heavy atom. The monoisotopic (exact) mass is 601 g/mol. The van der Waals surface area contributed by atoms with Gasteiger partial charge in [-0.15, -0.1) is 0 Å². The Bertz CT molecular complexity index is 813. The molecule has 1 N–H and O–H groups in total. The van der Waals surface area contributed by atoms with Crippen LogP contribution in [0.25, 0.3) is 0 Å². The topological polar surface area (TPSA) is 46.5 Å². The second-order valence-electron chi connectivity index (χ2n) is 15.0. The van der Waals surface area contributed by atoms with Crippen molar-refractivity contribution in [2.24, 2.45) is 22.7 Å². The molecule has 0 aromatic carbocycles. The van der Waals surface area contributed by atoms with Crippen molar-refractivity contribution < 1.29 is 14.6 Å². The smallest absolute Gasteiger partial charge is 0.306 e. The van der Waals surface area contributed by atoms with Crippen molar-refractivity contribution in [1.82, 2.24) is 0 Å². The summed E-state index contributed by atoms with van der Waals surface area (Å²) >= 11 is 0. The lowest BCUT2D eigenvalue weighted by atomic mass is 9.47. The molecule has 2 aliphatic carbocycles. The van der Waals surface area contributed by atoms with Gasteiger partial charge in [0.25, 0.3) is 0 Å². The van der Waals surface area contributed by atoms with Crippen molar-refractivity contribution in [3.63, 3.8) is 0 Å². The van der Waals surface area contributed by atoms with Crippen LogP contribution in [0.1, 0.15) is 189 Å². The minimum absolute atomic E-state index is 0.0576. The Morgan fingerprint density at radius 1 is 0.860 bits per heavy atom. The highest BCUT2D eigenvalue weighted by Crippen LogP contribution is 2.61. The van der Waals surface area contributed by atoms with Gasteiger partial charge in [-0.25, -0.2) is 0 Å². The van der Waals surface area contributed by atoms with Crippen LogP contribution >= 0.6 is 0 Å². The number of aliphatic hydroxyl groups excluding tert-OH is 1. The van der Waals surface area contributed by atoms with E-state index in [0.29, 0.717) is 30.3 Å². The molecule has 0 heterocycles. The predicted molar refractivity (Wildman–Crippen MR) is 185 cm³/mol. The Labute approximate surface area is 268 Å². The van der Waals surface area contributed by atoms with Crippen molar-refractivity contribution in [3.8, 4) is 0 Å². The van der Waals surface area contributed by atoms with Crippen LogP contribution < -0.4 is 0 Å². The molecular formula is C40H72O3. The first kappa shape index (κ1) is 38.1. The number of fused-ring (bicyclic) bond motifs is 1. The number of hydrogen-bond donors (Lipinski definition) is 1. The lowest BCUT2D eigenvalue weighted by Crippen LogP contribution is -2.49. The maximum absolute atomic E-state index is 12.3. The maximum atomic E-state index is 12.3. The van der Waals surface area contributed by atoms with Crippen molar-refractivity contribution in [1.29, 1.82) is 0 Å². The van der Waals surface area contributed by atoms with E-state index in [2.05, 4.69) is 40.7 Å². The molecule has 2 aliphatic rings. The summed E-state index contributed by atoms with van der Waals surface area (Å²) in [4.78, 5) is 12.3. The second kappa shape index (κ2) is 21.6. The van der Waals surface area contributed by atoms with E-state index in [1.807, 2.05) is 6.08 Å². The van der Waals surface area contributed by atoms with E-state index in [9.17, 15) is 9.90 Å². The molecule has 0 amide bonds. The molecule has 4 atom stereocenters. The highest BCUT2D eigenvalue weighted by atomic mass is 16.5. The minimum Gasteiger partial charge on any atom is -0.461 e. The third-order valence-corrected chi connectivity index (χ3v) is 11.9. The zero-order valence-corrected chi connectivity index (χ0v) is 29.5. The summed E-state index contributed by atoms with van der Waals surface area (Å²) < 4.78 is 5.52. The van der Waals surface area contributed by atoms with E-state index in [-0.39, 0.29) is 18.0 Å². The number of carbonyl (C=O) groups excluding carboxylic acids is 1. The molecule has 0 spiro atoms. The van der Waals surface area contributed by atoms with Crippen molar-refractivity contribution in [3.05, 3.63) is 23.3 Å². The number of ether oxygens (including phenoxy) is 1. The fourth-order valence-electron chi connectivity index (χ4n) is 8.33. The van der Waals surface area contributed by atoms with Gasteiger partial charge >= 0.3 is 5.97 Å². The molecule has 43 heavy (non-hydrogen) atoms. The van der Waals surface area contributed by atoms with Gasteiger partial charge in [-0.1, -0.05) is 142 Å². The number of aliphatic hydroxyl groups is 1. The molecule has 2 rings (SSSR count). The standard InChI is InChI=1S/C40H72O3/c1-6-7-8-9-10-11-12-13-14-15-16-17-18-19-20-21-22-26-38(42)43-32-29-36(33-41)28-31-40(5)35(3)27-30-39(4)34(2)24-23-25-37(39)40/h24,29,35,37,41H,6-23,25-28,30-33H2,1-5H3. The van der Waals surface area contributed by atoms with Gasteiger partial charge in [-0.3, -0.25) is 4.79 Å². The van der Waals surface area contributed by atoms with Gasteiger partial charge in [0, 0.05) is 6.42 Å². The molecule has 0 aromatic heterocycles. The van der Waals surface area contributed by atoms with E-state index < -0.39 is 0 Å². The van der Waals surface area contributed by atoms with Crippen molar-refractivity contribution >= 4 is 5.97 Å². The van der Waals surface area contributed by atoms with Gasteiger partial charge in [-0.2, -0.15) is 0 Å². The Balaban J connectivity index is 1.50. The van der Waals surface area contributed by atoms with Crippen LogP contribution in [-0.2, 0) is 9.53 Å². The summed E-state index contributed by atoms with van der Waals surface area (Å²) in [6.07, 6.45) is 34.9. The SMILES string of the molecule is CCCCCCCCCCCCCCCCCCCC(=O)OCC=C(CO)CCC1(C)C(C)CCC2(C)C(C)=CCCC21. The number of unbranched alkanes of at least 4 members (excludes halogenated alkanes) is 16. The number of rotatable bonds is 24. The molecule has 4 unspecified atom stereocenters. The van der Waals surface area contributed by atoms with Gasteiger partial charge in [0.15, 0.2) is 0 Å². The molecule has 1 fully saturated rings. The van der Waals surface area contributed by atoms with Crippen LogP contribution in [-0.4, -0.2) is 24.3 Å². The summed E-state index contributed by atoms with van der Waals surface area (Å²) in [6.45, 7) is 12.4. The molecule has 250 valence electrons. The molecule has 3 nitrogen and oxygen atoms in total. The minimum atomic E-state index is -0.0948. The Morgan fingerprint density at radius 2 is 1.40 bits per heavy atom. The van der Waals surface area contributed by atoms with Gasteiger partial charge < -0.3 is 9.84 Å². The number of allylic oxidation sites excluding steroid dienone is 2. The van der Waals surface area contributed by atoms with Crippen molar-refractivity contribution in [2.45, 2.75) is 189 Å². The van der Waals surface area contributed by atoms with Gasteiger partial charge in [0.2, 0.25) is 0 Å². The zero-order chi connectivity index (χ0) is 31.4. The van der Waals surface area contributed by atoms with Crippen LogP contribution in [0.4, 0.5) is 0 Å². The van der Waals surface area contributed by atoms with Gasteiger partial charge in [0.1, 0.15) is 6.61 Å². The highest BCUT2D eigenvalue weighted by Gasteiger charge is 2.52. The van der Waals surface area contributed by atoms with E-state index >= 15 is 0 Å². The normalized spacial score (nSPS) is 25.8. The molecular weight excluding hydrogens is 528 g/mol. The lowest BCUT2D eigenvalue weighted by molar-refractivity contribution is -0.142. The highest BCUT2D eigenvalue weighted by molar-refractivity contribution is 5.69. The fourth-order valence-corrected chi connectivity index (χ4v) is 8.33. The van der Waals surface area contributed by atoms with E-state index in [1.54, 1.807) is 5.57 Å². The molecule has 0 saturated heterocycles. The molecule has 0 aromatic rings. The van der Waals surface area contributed by atoms with E-state index in [0.717, 1.165) is 31.3 Å². The number of carbonyl (C=O) groups is 1. The Kier molecular flexibility index (Phi) is 19.1. The predicted octanol–water partition coefficient (Wildman–Crippen LogP) is 12.1. The molecule has 3 heteroatoms. The van der Waals surface area contributed by atoms with Crippen LogP contribution in [0.3, 0.4) is 0 Å². The molecule has 0 radical (unpaired) electrons. The molecule has 0 aliphatic heterocycles. The van der Waals surface area contributed by atoms with Gasteiger partial charge in [-0.05, 0) is 86.2 Å². The largest absolute Gasteiger partial charge is 0.461 e. The Hall–Kier alpha value is -1.09. The summed E-state index contributed by atoms with van der Waals surface area (Å²) in [5.41, 5.74) is 3.21. The van der Waals surface area contributed by atoms with Crippen LogP contribution in [0, 0.1) is 22.7 Å². The summed E-state index contributed by atoms with van der Waals surface area (Å²) in [5, 5.41) is 10.0. The first-order valence-corrected chi connectivity index (χ1v) is 18.9. The second-order valence-corrected chi connectivity index (χ2v) is 15.0. The summed E-state index contributed by atoms with van der Waals surface area (Å²) in [7, 11) is 0. The first-order valence-electron chi connectivity index (χ1n) is 18.9. The first-order chi connectivity index (χ1) is 20.8. The van der Waals surface area contributed by atoms with E-state index in [4.69, 9.17) is 4.74 Å². The van der Waals surface area contributed by atoms with E-state index in [1.165, 1.54) is 122 Å². The third kappa shape index (κ3) is 13.4. The fraction of sp³-hybridized carbons (Fsp3) is 0.875. The summed E-state index contributed by atoms with van der Waals surface area (Å²) in [5.74, 6) is 1.30. The van der Waals surface area contributed by atoms with Crippen molar-refractivity contribution in [2.75, 3.05) is 13.2 Å². The quantitative estimate of drug-likeness (QED) is 0.0681. The van der Waals surface area contributed by atoms with Gasteiger partial charge in [0.05, 0.1) is 6.61 Å². The number of esters is 1. The zero-order valence-electron chi connectivity index (χ0n) is 29.5. The molecule has 0 bridgehead atoms. The third-order valence-electron chi connectivity index (χ3n) is 11.9.